The highest BCUT2D eigenvalue weighted by Gasteiger charge is 2.19. The van der Waals surface area contributed by atoms with Gasteiger partial charge in [0, 0.05) is 29.4 Å². The van der Waals surface area contributed by atoms with E-state index in [4.69, 9.17) is 0 Å². The van der Waals surface area contributed by atoms with E-state index in [-0.39, 0.29) is 11.5 Å². The van der Waals surface area contributed by atoms with Crippen LogP contribution in [0.15, 0.2) is 42.7 Å². The van der Waals surface area contributed by atoms with Crippen LogP contribution in [0.2, 0.25) is 0 Å². The number of anilines is 1. The molecule has 2 heterocycles. The van der Waals surface area contributed by atoms with Crippen molar-refractivity contribution in [3.05, 3.63) is 82.1 Å². The standard InChI is InChI=1S/C25H20FN5O/c1-15-9-16(14-32)5-7-19(15)22-12-29-25(31-13-18(10-27)30-24(22)31)28-11-21-20-4-2-3-17(20)6-8-23(21)26/h5-9,12-14H,2-4,11H2,1H3,(H,28,29). The Balaban J connectivity index is 1.56. The van der Waals surface area contributed by atoms with Gasteiger partial charge in [0.1, 0.15) is 18.2 Å². The number of aldehydes is 1. The van der Waals surface area contributed by atoms with Crippen molar-refractivity contribution >= 4 is 17.9 Å². The van der Waals surface area contributed by atoms with E-state index in [0.717, 1.165) is 47.8 Å². The van der Waals surface area contributed by atoms with E-state index in [2.05, 4.69) is 21.4 Å². The van der Waals surface area contributed by atoms with Crippen LogP contribution in [0.4, 0.5) is 10.3 Å². The SMILES string of the molecule is Cc1cc(C=O)ccc1-c1cnc(NCc2c(F)ccc3c2CCC3)n2cc(C#N)nc12. The van der Waals surface area contributed by atoms with Gasteiger partial charge < -0.3 is 5.32 Å². The molecule has 158 valence electrons. The van der Waals surface area contributed by atoms with Crippen LogP contribution in [-0.4, -0.2) is 20.7 Å². The first-order valence-electron chi connectivity index (χ1n) is 10.5. The number of carbonyl (C=O) groups is 1. The average molecular weight is 425 g/mol. The van der Waals surface area contributed by atoms with Gasteiger partial charge in [-0.1, -0.05) is 18.2 Å². The molecular weight excluding hydrogens is 405 g/mol. The molecule has 32 heavy (non-hydrogen) atoms. The van der Waals surface area contributed by atoms with E-state index in [1.807, 2.05) is 19.1 Å². The number of hydrogen-bond donors (Lipinski definition) is 1. The van der Waals surface area contributed by atoms with Crippen molar-refractivity contribution in [3.63, 3.8) is 0 Å². The Hall–Kier alpha value is -4.05. The molecule has 0 fully saturated rings. The van der Waals surface area contributed by atoms with Crippen molar-refractivity contribution in [2.75, 3.05) is 5.32 Å². The van der Waals surface area contributed by atoms with Gasteiger partial charge in [0.2, 0.25) is 5.95 Å². The predicted molar refractivity (Wildman–Crippen MR) is 119 cm³/mol. The lowest BCUT2D eigenvalue weighted by atomic mass is 10.0. The summed E-state index contributed by atoms with van der Waals surface area (Å²) in [5, 5.41) is 12.6. The smallest absolute Gasteiger partial charge is 0.208 e. The summed E-state index contributed by atoms with van der Waals surface area (Å²) in [7, 11) is 0. The average Bonchev–Trinajstić information content (AvgIpc) is 3.46. The molecule has 4 aromatic rings. The first-order valence-corrected chi connectivity index (χ1v) is 10.5. The van der Waals surface area contributed by atoms with E-state index in [1.54, 1.807) is 28.9 Å². The topological polar surface area (TPSA) is 83.1 Å². The van der Waals surface area contributed by atoms with Gasteiger partial charge in [0.15, 0.2) is 11.3 Å². The highest BCUT2D eigenvalue weighted by atomic mass is 19.1. The molecule has 0 spiro atoms. The van der Waals surface area contributed by atoms with Crippen LogP contribution in [0.1, 0.15) is 44.7 Å². The zero-order valence-electron chi connectivity index (χ0n) is 17.5. The van der Waals surface area contributed by atoms with Crippen LogP contribution in [0, 0.1) is 24.1 Å². The first-order chi connectivity index (χ1) is 15.6. The van der Waals surface area contributed by atoms with Crippen molar-refractivity contribution in [2.24, 2.45) is 0 Å². The molecule has 0 bridgehead atoms. The van der Waals surface area contributed by atoms with Gasteiger partial charge in [-0.05, 0) is 60.6 Å². The van der Waals surface area contributed by atoms with E-state index in [9.17, 15) is 14.4 Å². The van der Waals surface area contributed by atoms with Crippen LogP contribution in [-0.2, 0) is 19.4 Å². The molecule has 0 atom stereocenters. The molecule has 6 nitrogen and oxygen atoms in total. The number of fused-ring (bicyclic) bond motifs is 2. The molecule has 0 saturated carbocycles. The fraction of sp³-hybridized carbons (Fsp3) is 0.200. The van der Waals surface area contributed by atoms with Gasteiger partial charge in [0.05, 0.1) is 6.20 Å². The third kappa shape index (κ3) is 3.30. The number of rotatable bonds is 5. The van der Waals surface area contributed by atoms with Crippen LogP contribution in [0.25, 0.3) is 16.8 Å². The minimum atomic E-state index is -0.222. The summed E-state index contributed by atoms with van der Waals surface area (Å²) in [5.74, 6) is 0.259. The Kier molecular flexibility index (Phi) is 4.91. The van der Waals surface area contributed by atoms with Gasteiger partial charge in [-0.15, -0.1) is 0 Å². The number of halogens is 1. The van der Waals surface area contributed by atoms with E-state index in [0.29, 0.717) is 29.3 Å². The van der Waals surface area contributed by atoms with Gasteiger partial charge in [-0.2, -0.15) is 5.26 Å². The van der Waals surface area contributed by atoms with Crippen molar-refractivity contribution < 1.29 is 9.18 Å². The molecule has 1 aliphatic rings. The molecule has 5 rings (SSSR count). The maximum absolute atomic E-state index is 14.6. The Labute approximate surface area is 184 Å². The second kappa shape index (κ2) is 7.89. The first kappa shape index (κ1) is 19.9. The number of aromatic nitrogens is 3. The van der Waals surface area contributed by atoms with Crippen molar-refractivity contribution in [3.8, 4) is 17.2 Å². The molecule has 0 aliphatic heterocycles. The van der Waals surface area contributed by atoms with Crippen LogP contribution in [0.5, 0.6) is 0 Å². The fourth-order valence-corrected chi connectivity index (χ4v) is 4.49. The molecule has 7 heteroatoms. The van der Waals surface area contributed by atoms with Crippen LogP contribution >= 0.6 is 0 Å². The fourth-order valence-electron chi connectivity index (χ4n) is 4.49. The normalized spacial score (nSPS) is 12.5. The summed E-state index contributed by atoms with van der Waals surface area (Å²) >= 11 is 0. The van der Waals surface area contributed by atoms with E-state index >= 15 is 0 Å². The molecule has 0 radical (unpaired) electrons. The summed E-state index contributed by atoms with van der Waals surface area (Å²) in [4.78, 5) is 20.1. The monoisotopic (exact) mass is 425 g/mol. The Morgan fingerprint density at radius 2 is 2.12 bits per heavy atom. The summed E-state index contributed by atoms with van der Waals surface area (Å²) in [6.07, 6.45) is 7.02. The second-order valence-electron chi connectivity index (χ2n) is 7.99. The van der Waals surface area contributed by atoms with Gasteiger partial charge in [-0.25, -0.2) is 14.4 Å². The Morgan fingerprint density at radius 1 is 1.25 bits per heavy atom. The minimum Gasteiger partial charge on any atom is -0.351 e. The maximum Gasteiger partial charge on any atom is 0.208 e. The van der Waals surface area contributed by atoms with Gasteiger partial charge in [0.25, 0.3) is 0 Å². The van der Waals surface area contributed by atoms with Crippen LogP contribution < -0.4 is 5.32 Å². The largest absolute Gasteiger partial charge is 0.351 e. The van der Waals surface area contributed by atoms with Gasteiger partial charge >= 0.3 is 0 Å². The number of benzene rings is 2. The Bertz CT molecular complexity index is 1420. The lowest BCUT2D eigenvalue weighted by molar-refractivity contribution is 0.112. The Morgan fingerprint density at radius 3 is 2.91 bits per heavy atom. The van der Waals surface area contributed by atoms with Crippen molar-refractivity contribution in [1.29, 1.82) is 5.26 Å². The number of nitrogens with zero attached hydrogens (tertiary/aromatic N) is 4. The summed E-state index contributed by atoms with van der Waals surface area (Å²) < 4.78 is 16.3. The number of nitrogens with one attached hydrogen (secondary N) is 1. The van der Waals surface area contributed by atoms with Crippen LogP contribution in [0.3, 0.4) is 0 Å². The predicted octanol–water partition coefficient (Wildman–Crippen LogP) is 4.63. The third-order valence-electron chi connectivity index (χ3n) is 6.05. The quantitative estimate of drug-likeness (QED) is 0.472. The maximum atomic E-state index is 14.6. The zero-order valence-corrected chi connectivity index (χ0v) is 17.5. The third-order valence-corrected chi connectivity index (χ3v) is 6.05. The zero-order chi connectivity index (χ0) is 22.2. The highest BCUT2D eigenvalue weighted by molar-refractivity contribution is 5.83. The molecule has 2 aromatic carbocycles. The second-order valence-corrected chi connectivity index (χ2v) is 7.99. The van der Waals surface area contributed by atoms with Crippen molar-refractivity contribution in [2.45, 2.75) is 32.7 Å². The van der Waals surface area contributed by atoms with Gasteiger partial charge in [-0.3, -0.25) is 9.20 Å². The molecule has 1 N–H and O–H groups in total. The van der Waals surface area contributed by atoms with E-state index < -0.39 is 0 Å². The highest BCUT2D eigenvalue weighted by Crippen LogP contribution is 2.30. The number of nitriles is 1. The minimum absolute atomic E-state index is 0.222. The molecule has 0 amide bonds. The summed E-state index contributed by atoms with van der Waals surface area (Å²) in [5.41, 5.74) is 6.91. The van der Waals surface area contributed by atoms with E-state index in [1.165, 1.54) is 11.6 Å². The molecule has 0 unspecified atom stereocenters. The number of hydrogen-bond acceptors (Lipinski definition) is 5. The molecular formula is C25H20FN5O. The van der Waals surface area contributed by atoms with Crippen molar-refractivity contribution in [1.82, 2.24) is 14.4 Å². The number of imidazole rings is 1. The summed E-state index contributed by atoms with van der Waals surface area (Å²) in [6, 6.07) is 10.9. The number of aryl methyl sites for hydroxylation is 2. The number of carbonyl (C=O) groups excluding carboxylic acids is 1. The molecule has 1 aliphatic carbocycles. The molecule has 2 aromatic heterocycles. The lowest BCUT2D eigenvalue weighted by Gasteiger charge is -2.14. The lowest BCUT2D eigenvalue weighted by Crippen LogP contribution is -2.10. The molecule has 0 saturated heterocycles. The summed E-state index contributed by atoms with van der Waals surface area (Å²) in [6.45, 7) is 2.21.